The Morgan fingerprint density at radius 3 is 2.17 bits per heavy atom. The number of nitrogens with one attached hydrogen (secondary N) is 4. The lowest BCUT2D eigenvalue weighted by atomic mass is 10.0. The minimum atomic E-state index is -0.301. The third-order valence-electron chi connectivity index (χ3n) is 3.89. The van der Waals surface area contributed by atoms with Gasteiger partial charge in [0.25, 0.3) is 0 Å². The average molecular weight is 324 g/mol. The fraction of sp³-hybridized carbons (Fsp3) is 0.222. The average Bonchev–Trinajstić information content (AvgIpc) is 3.07. The van der Waals surface area contributed by atoms with Gasteiger partial charge in [-0.3, -0.25) is 9.59 Å². The Balaban J connectivity index is 1.57. The van der Waals surface area contributed by atoms with Crippen LogP contribution in [0.5, 0.6) is 0 Å². The fourth-order valence-corrected chi connectivity index (χ4v) is 2.70. The molecule has 2 aromatic carbocycles. The van der Waals surface area contributed by atoms with E-state index in [2.05, 4.69) is 21.5 Å². The number of hydrazine groups is 1. The maximum absolute atomic E-state index is 12.4. The number of hydrogen-bond donors (Lipinski definition) is 4. The predicted molar refractivity (Wildman–Crippen MR) is 93.2 cm³/mol. The number of amides is 2. The van der Waals surface area contributed by atoms with Crippen molar-refractivity contribution >= 4 is 23.2 Å². The first kappa shape index (κ1) is 16.2. The summed E-state index contributed by atoms with van der Waals surface area (Å²) in [6.07, 6.45) is 0.680. The van der Waals surface area contributed by atoms with Gasteiger partial charge in [0.15, 0.2) is 0 Å². The van der Waals surface area contributed by atoms with Crippen molar-refractivity contribution in [3.05, 3.63) is 60.2 Å². The molecule has 1 aliphatic rings. The molecule has 0 aliphatic carbocycles. The van der Waals surface area contributed by atoms with Crippen LogP contribution >= 0.6 is 0 Å². The van der Waals surface area contributed by atoms with E-state index in [0.717, 1.165) is 5.56 Å². The Kier molecular flexibility index (Phi) is 4.88. The van der Waals surface area contributed by atoms with E-state index in [1.807, 2.05) is 30.3 Å². The van der Waals surface area contributed by atoms with Crippen LogP contribution in [0.3, 0.4) is 0 Å². The number of rotatable bonds is 4. The second kappa shape index (κ2) is 7.25. The summed E-state index contributed by atoms with van der Waals surface area (Å²) in [6.45, 7) is 1.46. The zero-order valence-electron chi connectivity index (χ0n) is 13.4. The van der Waals surface area contributed by atoms with Crippen LogP contribution in [-0.4, -0.2) is 17.9 Å². The highest BCUT2D eigenvalue weighted by Gasteiger charge is 2.29. The van der Waals surface area contributed by atoms with Crippen molar-refractivity contribution in [1.82, 2.24) is 10.9 Å². The lowest BCUT2D eigenvalue weighted by molar-refractivity contribution is -0.118. The molecule has 124 valence electrons. The first-order valence-electron chi connectivity index (χ1n) is 7.86. The van der Waals surface area contributed by atoms with Crippen LogP contribution in [0.15, 0.2) is 54.6 Å². The van der Waals surface area contributed by atoms with Crippen LogP contribution in [-0.2, 0) is 9.59 Å². The van der Waals surface area contributed by atoms with Gasteiger partial charge in [-0.2, -0.15) is 0 Å². The van der Waals surface area contributed by atoms with Gasteiger partial charge in [0.2, 0.25) is 11.8 Å². The van der Waals surface area contributed by atoms with E-state index in [0.29, 0.717) is 17.8 Å². The highest BCUT2D eigenvalue weighted by Crippen LogP contribution is 2.22. The van der Waals surface area contributed by atoms with E-state index in [9.17, 15) is 9.59 Å². The van der Waals surface area contributed by atoms with E-state index in [1.54, 1.807) is 24.3 Å². The summed E-state index contributed by atoms with van der Waals surface area (Å²) in [5.41, 5.74) is 8.75. The Morgan fingerprint density at radius 1 is 0.917 bits per heavy atom. The number of benzene rings is 2. The quantitative estimate of drug-likeness (QED) is 0.695. The van der Waals surface area contributed by atoms with Crippen molar-refractivity contribution in [2.45, 2.75) is 25.4 Å². The number of carbonyl (C=O) groups is 2. The Morgan fingerprint density at radius 2 is 1.54 bits per heavy atom. The van der Waals surface area contributed by atoms with Crippen LogP contribution in [0, 0.1) is 0 Å². The van der Waals surface area contributed by atoms with Gasteiger partial charge < -0.3 is 10.6 Å². The molecule has 24 heavy (non-hydrogen) atoms. The molecule has 2 unspecified atom stereocenters. The van der Waals surface area contributed by atoms with Gasteiger partial charge in [-0.1, -0.05) is 30.3 Å². The smallest absolute Gasteiger partial charge is 0.242 e. The maximum Gasteiger partial charge on any atom is 0.242 e. The molecule has 2 aromatic rings. The molecule has 1 saturated heterocycles. The third-order valence-corrected chi connectivity index (χ3v) is 3.89. The summed E-state index contributed by atoms with van der Waals surface area (Å²) in [4.78, 5) is 23.4. The molecule has 0 aromatic heterocycles. The molecule has 1 fully saturated rings. The largest absolute Gasteiger partial charge is 0.326 e. The van der Waals surface area contributed by atoms with Gasteiger partial charge in [0.05, 0.1) is 0 Å². The second-order valence-corrected chi connectivity index (χ2v) is 5.79. The minimum Gasteiger partial charge on any atom is -0.326 e. The van der Waals surface area contributed by atoms with E-state index in [4.69, 9.17) is 0 Å². The number of carbonyl (C=O) groups excluding carboxylic acids is 2. The second-order valence-electron chi connectivity index (χ2n) is 5.79. The van der Waals surface area contributed by atoms with Crippen LogP contribution in [0.25, 0.3) is 0 Å². The van der Waals surface area contributed by atoms with Gasteiger partial charge in [-0.05, 0) is 36.2 Å². The minimum absolute atomic E-state index is 0.0896. The first-order valence-corrected chi connectivity index (χ1v) is 7.86. The highest BCUT2D eigenvalue weighted by molar-refractivity contribution is 5.95. The van der Waals surface area contributed by atoms with Crippen molar-refractivity contribution in [2.24, 2.45) is 0 Å². The predicted octanol–water partition coefficient (Wildman–Crippen LogP) is 2.19. The third kappa shape index (κ3) is 3.98. The summed E-state index contributed by atoms with van der Waals surface area (Å²) < 4.78 is 0. The molecule has 6 heteroatoms. The summed E-state index contributed by atoms with van der Waals surface area (Å²) in [5, 5.41) is 5.57. The maximum atomic E-state index is 12.4. The lowest BCUT2D eigenvalue weighted by Crippen LogP contribution is -2.39. The molecular formula is C18H20N4O2. The molecule has 3 rings (SSSR count). The zero-order chi connectivity index (χ0) is 16.9. The van der Waals surface area contributed by atoms with Crippen molar-refractivity contribution in [1.29, 1.82) is 0 Å². The van der Waals surface area contributed by atoms with Gasteiger partial charge in [0.1, 0.15) is 6.04 Å². The monoisotopic (exact) mass is 324 g/mol. The Bertz CT molecular complexity index is 716. The topological polar surface area (TPSA) is 82.3 Å². The Hall–Kier alpha value is -2.70. The van der Waals surface area contributed by atoms with Crippen molar-refractivity contribution in [2.75, 3.05) is 10.6 Å². The molecule has 0 bridgehead atoms. The molecular weight excluding hydrogens is 304 g/mol. The van der Waals surface area contributed by atoms with Crippen molar-refractivity contribution in [3.8, 4) is 0 Å². The van der Waals surface area contributed by atoms with Gasteiger partial charge in [-0.15, -0.1) is 0 Å². The summed E-state index contributed by atoms with van der Waals surface area (Å²) in [7, 11) is 0. The van der Waals surface area contributed by atoms with E-state index >= 15 is 0 Å². The summed E-state index contributed by atoms with van der Waals surface area (Å²) in [5.74, 6) is -0.215. The van der Waals surface area contributed by atoms with Gasteiger partial charge in [-0.25, -0.2) is 10.9 Å². The summed E-state index contributed by atoms with van der Waals surface area (Å²) in [6, 6.07) is 16.9. The fourth-order valence-electron chi connectivity index (χ4n) is 2.70. The van der Waals surface area contributed by atoms with E-state index < -0.39 is 0 Å². The van der Waals surface area contributed by atoms with Crippen LogP contribution in [0.1, 0.15) is 24.9 Å². The number of hydrogen-bond acceptors (Lipinski definition) is 4. The normalized spacial score (nSPS) is 19.7. The van der Waals surface area contributed by atoms with Gasteiger partial charge >= 0.3 is 0 Å². The van der Waals surface area contributed by atoms with E-state index in [-0.39, 0.29) is 23.9 Å². The molecule has 4 N–H and O–H groups in total. The summed E-state index contributed by atoms with van der Waals surface area (Å²) >= 11 is 0. The zero-order valence-corrected chi connectivity index (χ0v) is 13.4. The van der Waals surface area contributed by atoms with Gasteiger partial charge in [0, 0.05) is 24.3 Å². The van der Waals surface area contributed by atoms with Crippen LogP contribution in [0.4, 0.5) is 11.4 Å². The van der Waals surface area contributed by atoms with Crippen molar-refractivity contribution < 1.29 is 9.59 Å². The van der Waals surface area contributed by atoms with Crippen LogP contribution < -0.4 is 21.5 Å². The molecule has 6 nitrogen and oxygen atoms in total. The highest BCUT2D eigenvalue weighted by atomic mass is 16.2. The van der Waals surface area contributed by atoms with Crippen molar-refractivity contribution in [3.63, 3.8) is 0 Å². The molecule has 1 aliphatic heterocycles. The molecule has 1 heterocycles. The first-order chi connectivity index (χ1) is 11.6. The molecule has 0 spiro atoms. The molecule has 2 amide bonds. The molecule has 0 saturated carbocycles. The van der Waals surface area contributed by atoms with Crippen LogP contribution in [0.2, 0.25) is 0 Å². The Labute approximate surface area is 140 Å². The SMILES string of the molecule is CC(=O)Nc1ccc(NC(=O)C2CC(c3ccccc3)NN2)cc1. The molecule has 0 radical (unpaired) electrons. The standard InChI is InChI=1S/C18H20N4O2/c1-12(23)19-14-7-9-15(10-8-14)20-18(24)17-11-16(21-22-17)13-5-3-2-4-6-13/h2-10,16-17,21-22H,11H2,1H3,(H,19,23)(H,20,24). The lowest BCUT2D eigenvalue weighted by Gasteiger charge is -2.11. The van der Waals surface area contributed by atoms with E-state index in [1.165, 1.54) is 6.92 Å². The number of anilines is 2. The molecule has 2 atom stereocenters.